The first-order chi connectivity index (χ1) is 11.1. The van der Waals surface area contributed by atoms with E-state index in [1.807, 2.05) is 30.3 Å². The van der Waals surface area contributed by atoms with Gasteiger partial charge >= 0.3 is 0 Å². The van der Waals surface area contributed by atoms with E-state index in [0.29, 0.717) is 13.1 Å². The second-order valence-corrected chi connectivity index (χ2v) is 5.60. The Hall–Kier alpha value is -2.43. The summed E-state index contributed by atoms with van der Waals surface area (Å²) in [5.41, 5.74) is 1.33. The molecule has 0 atom stereocenters. The van der Waals surface area contributed by atoms with E-state index in [1.54, 1.807) is 4.90 Å². The highest BCUT2D eigenvalue weighted by Crippen LogP contribution is 2.17. The number of halogens is 2. The van der Waals surface area contributed by atoms with Gasteiger partial charge in [-0.25, -0.2) is 8.78 Å². The Morgan fingerprint density at radius 3 is 2.39 bits per heavy atom. The van der Waals surface area contributed by atoms with Gasteiger partial charge in [-0.3, -0.25) is 4.79 Å². The number of amides is 1. The molecule has 0 aliphatic carbocycles. The molecule has 1 heterocycles. The average molecular weight is 316 g/mol. The highest BCUT2D eigenvalue weighted by atomic mass is 19.2. The number of carbonyl (C=O) groups excluding carboxylic acids is 1. The zero-order valence-corrected chi connectivity index (χ0v) is 12.7. The largest absolute Gasteiger partial charge is 0.370 e. The number of benzene rings is 2. The predicted molar refractivity (Wildman–Crippen MR) is 85.5 cm³/mol. The molecule has 0 aromatic heterocycles. The number of para-hydroxylation sites is 1. The third kappa shape index (κ3) is 3.50. The van der Waals surface area contributed by atoms with Gasteiger partial charge in [0.05, 0.1) is 0 Å². The summed E-state index contributed by atoms with van der Waals surface area (Å²) in [6.45, 7) is 2.76. The van der Waals surface area contributed by atoms with Gasteiger partial charge in [0, 0.05) is 37.4 Å². The molecule has 120 valence electrons. The lowest BCUT2D eigenvalue weighted by atomic mass is 10.2. The Balaban J connectivity index is 1.70. The molecule has 0 bridgehead atoms. The summed E-state index contributed by atoms with van der Waals surface area (Å²) >= 11 is 0. The van der Waals surface area contributed by atoms with Crippen LogP contribution in [0.15, 0.2) is 48.5 Å². The summed E-state index contributed by atoms with van der Waals surface area (Å²) in [4.78, 5) is 16.4. The Kier molecular flexibility index (Phi) is 4.55. The molecule has 1 amide bonds. The molecule has 1 fully saturated rings. The van der Waals surface area contributed by atoms with Crippen LogP contribution in [0.2, 0.25) is 0 Å². The molecule has 0 saturated carbocycles. The molecule has 0 N–H and O–H groups in total. The molecular formula is C18H18F2N2O. The first-order valence-corrected chi connectivity index (χ1v) is 7.69. The molecule has 3 rings (SSSR count). The smallest absolute Gasteiger partial charge is 0.254 e. The van der Waals surface area contributed by atoms with Crippen molar-refractivity contribution in [3.63, 3.8) is 0 Å². The third-order valence-corrected chi connectivity index (χ3v) is 4.07. The fourth-order valence-electron chi connectivity index (χ4n) is 2.83. The first-order valence-electron chi connectivity index (χ1n) is 7.69. The van der Waals surface area contributed by atoms with Crippen molar-refractivity contribution in [1.29, 1.82) is 0 Å². The van der Waals surface area contributed by atoms with Crippen molar-refractivity contribution in [2.75, 3.05) is 31.1 Å². The third-order valence-electron chi connectivity index (χ3n) is 4.07. The van der Waals surface area contributed by atoms with E-state index in [0.717, 1.165) is 37.3 Å². The van der Waals surface area contributed by atoms with Gasteiger partial charge in [-0.05, 0) is 36.8 Å². The van der Waals surface area contributed by atoms with E-state index in [1.165, 1.54) is 6.07 Å². The topological polar surface area (TPSA) is 23.6 Å². The molecule has 3 nitrogen and oxygen atoms in total. The minimum absolute atomic E-state index is 0.192. The van der Waals surface area contributed by atoms with Crippen LogP contribution >= 0.6 is 0 Å². The number of rotatable bonds is 2. The minimum atomic E-state index is -0.989. The number of nitrogens with zero attached hydrogens (tertiary/aromatic N) is 2. The normalized spacial score (nSPS) is 15.4. The van der Waals surface area contributed by atoms with Crippen molar-refractivity contribution in [1.82, 2.24) is 4.90 Å². The van der Waals surface area contributed by atoms with Gasteiger partial charge < -0.3 is 9.80 Å². The highest BCUT2D eigenvalue weighted by Gasteiger charge is 2.21. The lowest BCUT2D eigenvalue weighted by Crippen LogP contribution is -2.35. The maximum absolute atomic E-state index is 13.3. The van der Waals surface area contributed by atoms with Gasteiger partial charge in [0.15, 0.2) is 11.6 Å². The van der Waals surface area contributed by atoms with Gasteiger partial charge in [-0.15, -0.1) is 0 Å². The summed E-state index contributed by atoms with van der Waals surface area (Å²) in [6.07, 6.45) is 0.838. The molecule has 5 heteroatoms. The number of anilines is 1. The SMILES string of the molecule is O=C(c1ccc(F)c(F)c1)N1CCCN(c2ccccc2)CC1. The second kappa shape index (κ2) is 6.77. The van der Waals surface area contributed by atoms with Crippen LogP contribution < -0.4 is 4.90 Å². The van der Waals surface area contributed by atoms with Crippen molar-refractivity contribution in [2.45, 2.75) is 6.42 Å². The van der Waals surface area contributed by atoms with E-state index in [4.69, 9.17) is 0 Å². The molecule has 0 spiro atoms. The van der Waals surface area contributed by atoms with Crippen LogP contribution in [-0.4, -0.2) is 37.0 Å². The molecule has 2 aromatic rings. The lowest BCUT2D eigenvalue weighted by molar-refractivity contribution is 0.0766. The van der Waals surface area contributed by atoms with Crippen LogP contribution in [0, 0.1) is 11.6 Å². The highest BCUT2D eigenvalue weighted by molar-refractivity contribution is 5.94. The van der Waals surface area contributed by atoms with E-state index < -0.39 is 11.6 Å². The van der Waals surface area contributed by atoms with Gasteiger partial charge in [0.2, 0.25) is 0 Å². The van der Waals surface area contributed by atoms with Crippen molar-refractivity contribution < 1.29 is 13.6 Å². The molecule has 0 radical (unpaired) electrons. The Labute approximate surface area is 134 Å². The number of carbonyl (C=O) groups is 1. The molecule has 23 heavy (non-hydrogen) atoms. The summed E-state index contributed by atoms with van der Waals surface area (Å²) in [5.74, 6) is -2.18. The fraction of sp³-hybridized carbons (Fsp3) is 0.278. The standard InChI is InChI=1S/C18H18F2N2O/c19-16-8-7-14(13-17(16)20)18(23)22-10-4-9-21(11-12-22)15-5-2-1-3-6-15/h1-3,5-8,13H,4,9-12H2. The van der Waals surface area contributed by atoms with Crippen LogP contribution in [0.4, 0.5) is 14.5 Å². The zero-order chi connectivity index (χ0) is 16.2. The maximum atomic E-state index is 13.3. The molecule has 0 unspecified atom stereocenters. The van der Waals surface area contributed by atoms with Gasteiger partial charge in [-0.1, -0.05) is 18.2 Å². The van der Waals surface area contributed by atoms with Crippen LogP contribution in [-0.2, 0) is 0 Å². The summed E-state index contributed by atoms with van der Waals surface area (Å²) in [6, 6.07) is 13.4. The second-order valence-electron chi connectivity index (χ2n) is 5.60. The van der Waals surface area contributed by atoms with Crippen molar-refractivity contribution in [3.8, 4) is 0 Å². The summed E-state index contributed by atoms with van der Waals surface area (Å²) in [7, 11) is 0. The van der Waals surface area contributed by atoms with Crippen LogP contribution in [0.5, 0.6) is 0 Å². The van der Waals surface area contributed by atoms with Crippen molar-refractivity contribution in [3.05, 3.63) is 65.7 Å². The van der Waals surface area contributed by atoms with E-state index in [9.17, 15) is 13.6 Å². The van der Waals surface area contributed by atoms with E-state index in [2.05, 4.69) is 4.90 Å². The Morgan fingerprint density at radius 2 is 1.65 bits per heavy atom. The van der Waals surface area contributed by atoms with Crippen LogP contribution in [0.1, 0.15) is 16.8 Å². The monoisotopic (exact) mass is 316 g/mol. The molecule has 1 saturated heterocycles. The zero-order valence-electron chi connectivity index (χ0n) is 12.7. The summed E-state index contributed by atoms with van der Waals surface area (Å²) < 4.78 is 26.3. The van der Waals surface area contributed by atoms with E-state index >= 15 is 0 Å². The number of hydrogen-bond donors (Lipinski definition) is 0. The van der Waals surface area contributed by atoms with E-state index in [-0.39, 0.29) is 11.5 Å². The minimum Gasteiger partial charge on any atom is -0.370 e. The lowest BCUT2D eigenvalue weighted by Gasteiger charge is -2.23. The van der Waals surface area contributed by atoms with Gasteiger partial charge in [0.1, 0.15) is 0 Å². The Bertz CT molecular complexity index is 691. The first kappa shape index (κ1) is 15.5. The molecule has 1 aliphatic heterocycles. The quantitative estimate of drug-likeness (QED) is 0.848. The number of hydrogen-bond acceptors (Lipinski definition) is 2. The Morgan fingerprint density at radius 1 is 0.870 bits per heavy atom. The van der Waals surface area contributed by atoms with Gasteiger partial charge in [-0.2, -0.15) is 0 Å². The molecular weight excluding hydrogens is 298 g/mol. The average Bonchev–Trinajstić information content (AvgIpc) is 2.83. The maximum Gasteiger partial charge on any atom is 0.254 e. The molecule has 1 aliphatic rings. The van der Waals surface area contributed by atoms with Crippen molar-refractivity contribution >= 4 is 11.6 Å². The molecule has 2 aromatic carbocycles. The summed E-state index contributed by atoms with van der Waals surface area (Å²) in [5, 5.41) is 0. The van der Waals surface area contributed by atoms with Crippen LogP contribution in [0.3, 0.4) is 0 Å². The van der Waals surface area contributed by atoms with Crippen molar-refractivity contribution in [2.24, 2.45) is 0 Å². The fourth-order valence-corrected chi connectivity index (χ4v) is 2.83. The predicted octanol–water partition coefficient (Wildman–Crippen LogP) is 3.32. The van der Waals surface area contributed by atoms with Crippen LogP contribution in [0.25, 0.3) is 0 Å². The van der Waals surface area contributed by atoms with Gasteiger partial charge in [0.25, 0.3) is 5.91 Å².